The maximum atomic E-state index is 12.4. The molecule has 9 heteroatoms. The number of rotatable bonds is 7. The number of ether oxygens (including phenoxy) is 2. The van der Waals surface area contributed by atoms with Gasteiger partial charge in [-0.05, 0) is 49.1 Å². The monoisotopic (exact) mass is 428 g/mol. The van der Waals surface area contributed by atoms with E-state index in [2.05, 4.69) is 20.4 Å². The summed E-state index contributed by atoms with van der Waals surface area (Å²) in [6.07, 6.45) is 1.97. The van der Waals surface area contributed by atoms with Crippen molar-refractivity contribution in [2.24, 2.45) is 11.7 Å². The topological polar surface area (TPSA) is 101 Å². The van der Waals surface area contributed by atoms with Gasteiger partial charge in [-0.1, -0.05) is 0 Å². The summed E-state index contributed by atoms with van der Waals surface area (Å²) in [7, 11) is 0. The zero-order chi connectivity index (χ0) is 21.5. The molecule has 1 fully saturated rings. The van der Waals surface area contributed by atoms with Gasteiger partial charge in [-0.15, -0.1) is 0 Å². The maximum absolute atomic E-state index is 12.4. The van der Waals surface area contributed by atoms with Gasteiger partial charge >= 0.3 is 6.61 Å². The third-order valence-electron chi connectivity index (χ3n) is 5.61. The van der Waals surface area contributed by atoms with Crippen LogP contribution < -0.4 is 25.8 Å². The molecule has 1 atom stereocenters. The molecule has 0 saturated heterocycles. The molecule has 3 aromatic rings. The van der Waals surface area contributed by atoms with E-state index < -0.39 is 12.7 Å². The van der Waals surface area contributed by atoms with E-state index in [0.29, 0.717) is 18.9 Å². The fraction of sp³-hybridized carbons (Fsp3) is 0.318. The van der Waals surface area contributed by atoms with Gasteiger partial charge < -0.3 is 30.8 Å². The largest absolute Gasteiger partial charge is 0.491 e. The van der Waals surface area contributed by atoms with Crippen LogP contribution in [0, 0.1) is 5.92 Å². The van der Waals surface area contributed by atoms with Gasteiger partial charge in [0.05, 0.1) is 22.3 Å². The van der Waals surface area contributed by atoms with Gasteiger partial charge in [0.25, 0.3) is 0 Å². The molecule has 1 aliphatic carbocycles. The first-order chi connectivity index (χ1) is 15.0. The molecule has 5 rings (SSSR count). The van der Waals surface area contributed by atoms with Crippen LogP contribution in [0.3, 0.4) is 0 Å². The molecule has 2 aromatic carbocycles. The predicted molar refractivity (Wildman–Crippen MR) is 114 cm³/mol. The first-order valence-electron chi connectivity index (χ1n) is 10.2. The molecule has 1 aliphatic heterocycles. The number of H-pyrrole nitrogens is 1. The number of nitrogens with one attached hydrogen (secondary N) is 3. The van der Waals surface area contributed by atoms with Gasteiger partial charge in [0.15, 0.2) is 0 Å². The lowest BCUT2D eigenvalue weighted by molar-refractivity contribution is -0.119. The average molecular weight is 428 g/mol. The highest BCUT2D eigenvalue weighted by molar-refractivity contribution is 6.06. The van der Waals surface area contributed by atoms with Crippen LogP contribution in [0.5, 0.6) is 11.5 Å². The minimum absolute atomic E-state index is 0.0989. The summed E-state index contributed by atoms with van der Waals surface area (Å²) in [5.74, 6) is 0.689. The Labute approximate surface area is 176 Å². The van der Waals surface area contributed by atoms with Crippen molar-refractivity contribution in [2.45, 2.75) is 25.5 Å². The molecular weight excluding hydrogens is 406 g/mol. The van der Waals surface area contributed by atoms with E-state index in [9.17, 15) is 13.6 Å². The first-order valence-corrected chi connectivity index (χ1v) is 10.2. The second kappa shape index (κ2) is 7.64. The third-order valence-corrected chi connectivity index (χ3v) is 5.61. The van der Waals surface area contributed by atoms with Crippen LogP contribution in [0.4, 0.5) is 20.2 Å². The van der Waals surface area contributed by atoms with Crippen molar-refractivity contribution >= 4 is 28.2 Å². The van der Waals surface area contributed by atoms with E-state index in [1.54, 1.807) is 12.1 Å². The van der Waals surface area contributed by atoms with E-state index in [1.807, 2.05) is 12.1 Å². The van der Waals surface area contributed by atoms with Crippen LogP contribution >= 0.6 is 0 Å². The minimum atomic E-state index is -2.87. The highest BCUT2D eigenvalue weighted by Gasteiger charge is 2.35. The number of aromatic amines is 1. The van der Waals surface area contributed by atoms with Crippen LogP contribution in [-0.4, -0.2) is 36.7 Å². The number of amides is 1. The van der Waals surface area contributed by atoms with Crippen LogP contribution in [0.1, 0.15) is 12.8 Å². The molecule has 5 N–H and O–H groups in total. The molecule has 162 valence electrons. The molecule has 7 nitrogen and oxygen atoms in total. The van der Waals surface area contributed by atoms with Gasteiger partial charge in [-0.2, -0.15) is 8.78 Å². The summed E-state index contributed by atoms with van der Waals surface area (Å²) in [6, 6.07) is 9.86. The minimum Gasteiger partial charge on any atom is -0.491 e. The number of aromatic nitrogens is 1. The number of alkyl halides is 2. The molecule has 1 amide bonds. The zero-order valence-electron chi connectivity index (χ0n) is 16.6. The number of hydrogen-bond acceptors (Lipinski definition) is 5. The van der Waals surface area contributed by atoms with Crippen LogP contribution in [0.2, 0.25) is 0 Å². The number of benzene rings is 2. The fourth-order valence-electron chi connectivity index (χ4n) is 4.06. The molecule has 0 unspecified atom stereocenters. The Hall–Kier alpha value is -3.49. The van der Waals surface area contributed by atoms with E-state index in [4.69, 9.17) is 10.5 Å². The molecule has 1 aromatic heterocycles. The van der Waals surface area contributed by atoms with Crippen molar-refractivity contribution in [3.8, 4) is 22.8 Å². The smallest absolute Gasteiger partial charge is 0.387 e. The number of primary amides is 1. The Morgan fingerprint density at radius 1 is 1.23 bits per heavy atom. The Balaban J connectivity index is 1.54. The van der Waals surface area contributed by atoms with Crippen LogP contribution in [0.15, 0.2) is 36.4 Å². The highest BCUT2D eigenvalue weighted by atomic mass is 19.3. The standard InChI is InChI=1S/C22H22F2N4O3/c23-22(24)31-14-5-3-11(4-6-14)18-20-17-15(28-18)9-13(10-16(17)30-8-7-26-20)27-19(21(25)29)12-1-2-12/h3-6,9-10,12,19,22,26-28H,1-2,7-8H2,(H2,25,29)/t19-/m0/s1. The quantitative estimate of drug-likeness (QED) is 0.457. The van der Waals surface area contributed by atoms with Gasteiger partial charge in [-0.3, -0.25) is 4.79 Å². The number of anilines is 2. The SMILES string of the molecule is NC(=O)[C@@H](Nc1cc2c3c(c(-c4ccc(OC(F)F)cc4)[nH]c3c1)NCCO2)C1CC1. The lowest BCUT2D eigenvalue weighted by Gasteiger charge is -2.17. The van der Waals surface area contributed by atoms with E-state index in [1.165, 1.54) is 12.1 Å². The third kappa shape index (κ3) is 3.83. The molecule has 2 aliphatic rings. The number of nitrogens with two attached hydrogens (primary N) is 1. The highest BCUT2D eigenvalue weighted by Crippen LogP contribution is 2.43. The van der Waals surface area contributed by atoms with Crippen LogP contribution in [-0.2, 0) is 4.79 Å². The van der Waals surface area contributed by atoms with Crippen LogP contribution in [0.25, 0.3) is 22.2 Å². The molecule has 0 bridgehead atoms. The van der Waals surface area contributed by atoms with E-state index in [-0.39, 0.29) is 17.6 Å². The number of carbonyl (C=O) groups is 1. The normalized spacial score (nSPS) is 16.4. The van der Waals surface area contributed by atoms with Crippen molar-refractivity contribution in [3.05, 3.63) is 36.4 Å². The molecule has 0 spiro atoms. The van der Waals surface area contributed by atoms with Gasteiger partial charge in [0, 0.05) is 23.9 Å². The second-order valence-electron chi connectivity index (χ2n) is 7.81. The van der Waals surface area contributed by atoms with E-state index in [0.717, 1.165) is 46.4 Å². The average Bonchev–Trinajstić information content (AvgIpc) is 3.52. The summed E-state index contributed by atoms with van der Waals surface area (Å²) in [5, 5.41) is 7.55. The van der Waals surface area contributed by atoms with Crippen molar-refractivity contribution in [2.75, 3.05) is 23.8 Å². The Kier molecular flexibility index (Phi) is 4.80. The Morgan fingerprint density at radius 3 is 2.68 bits per heavy atom. The summed E-state index contributed by atoms with van der Waals surface area (Å²) in [6.45, 7) is -1.78. The van der Waals surface area contributed by atoms with Gasteiger partial charge in [-0.25, -0.2) is 0 Å². The second-order valence-corrected chi connectivity index (χ2v) is 7.81. The molecule has 2 heterocycles. The van der Waals surface area contributed by atoms with Crippen molar-refractivity contribution < 1.29 is 23.0 Å². The van der Waals surface area contributed by atoms with Gasteiger partial charge in [0.2, 0.25) is 5.91 Å². The lowest BCUT2D eigenvalue weighted by atomic mass is 10.1. The number of hydrogen-bond donors (Lipinski definition) is 4. The summed E-state index contributed by atoms with van der Waals surface area (Å²) in [5.41, 5.74) is 9.67. The first kappa shape index (κ1) is 19.5. The summed E-state index contributed by atoms with van der Waals surface area (Å²) < 4.78 is 35.3. The van der Waals surface area contributed by atoms with Crippen molar-refractivity contribution in [1.82, 2.24) is 4.98 Å². The summed E-state index contributed by atoms with van der Waals surface area (Å²) >= 11 is 0. The predicted octanol–water partition coefficient (Wildman–Crippen LogP) is 3.92. The maximum Gasteiger partial charge on any atom is 0.387 e. The Bertz CT molecular complexity index is 1130. The molecular formula is C22H22F2N4O3. The molecule has 31 heavy (non-hydrogen) atoms. The molecule has 1 saturated carbocycles. The number of halogens is 2. The Morgan fingerprint density at radius 2 is 2.00 bits per heavy atom. The molecule has 0 radical (unpaired) electrons. The van der Waals surface area contributed by atoms with Crippen molar-refractivity contribution in [3.63, 3.8) is 0 Å². The summed E-state index contributed by atoms with van der Waals surface area (Å²) in [4.78, 5) is 15.3. The lowest BCUT2D eigenvalue weighted by Crippen LogP contribution is -2.37. The van der Waals surface area contributed by atoms with Crippen molar-refractivity contribution in [1.29, 1.82) is 0 Å². The number of carbonyl (C=O) groups excluding carboxylic acids is 1. The zero-order valence-corrected chi connectivity index (χ0v) is 16.6. The van der Waals surface area contributed by atoms with Gasteiger partial charge in [0.1, 0.15) is 24.1 Å². The fourth-order valence-corrected chi connectivity index (χ4v) is 4.06. The van der Waals surface area contributed by atoms with E-state index >= 15 is 0 Å².